The fraction of sp³-hybridized carbons (Fsp3) is 0.0870. The van der Waals surface area contributed by atoms with Gasteiger partial charge in [0.25, 0.3) is 5.91 Å². The Kier molecular flexibility index (Phi) is 7.24. The van der Waals surface area contributed by atoms with E-state index in [-0.39, 0.29) is 38.8 Å². The van der Waals surface area contributed by atoms with Crippen LogP contribution in [0.4, 0.5) is 20.2 Å². The molecule has 33 heavy (non-hydrogen) atoms. The third kappa shape index (κ3) is 5.45. The molecule has 0 aromatic heterocycles. The van der Waals surface area contributed by atoms with Crippen LogP contribution in [0.5, 0.6) is 5.75 Å². The molecule has 3 N–H and O–H groups in total. The van der Waals surface area contributed by atoms with Gasteiger partial charge in [0.05, 0.1) is 17.7 Å². The van der Waals surface area contributed by atoms with E-state index in [1.54, 1.807) is 0 Å². The minimum absolute atomic E-state index is 0.00969. The Balaban J connectivity index is 1.90. The number of carbonyl (C=O) groups excluding carboxylic acids is 2. The number of benzene rings is 3. The number of hydrogen-bond donors (Lipinski definition) is 3. The predicted octanol–water partition coefficient (Wildman–Crippen LogP) is 4.42. The normalized spacial score (nSPS) is 10.4. The summed E-state index contributed by atoms with van der Waals surface area (Å²) in [6.45, 7) is -0.586. The fourth-order valence-electron chi connectivity index (χ4n) is 2.97. The molecule has 0 spiro atoms. The largest absolute Gasteiger partial charge is 0.496 e. The molecule has 3 aromatic rings. The lowest BCUT2D eigenvalue weighted by molar-refractivity contribution is -0.135. The molecule has 0 saturated heterocycles. The molecule has 0 atom stereocenters. The van der Waals surface area contributed by atoms with Crippen molar-refractivity contribution in [3.63, 3.8) is 0 Å². The first-order valence-corrected chi connectivity index (χ1v) is 9.82. The maximum atomic E-state index is 13.9. The molecule has 0 aliphatic heterocycles. The van der Waals surface area contributed by atoms with E-state index in [9.17, 15) is 23.2 Å². The second kappa shape index (κ2) is 10.1. The summed E-state index contributed by atoms with van der Waals surface area (Å²) in [4.78, 5) is 36.0. The molecule has 1 amide bonds. The molecule has 170 valence electrons. The molecule has 0 aliphatic carbocycles. The maximum Gasteiger partial charge on any atom is 0.322 e. The van der Waals surface area contributed by atoms with E-state index in [1.807, 2.05) is 0 Å². The quantitative estimate of drug-likeness (QED) is 0.418. The number of aliphatic carboxylic acids is 1. The van der Waals surface area contributed by atoms with Gasteiger partial charge < -0.3 is 20.5 Å². The highest BCUT2D eigenvalue weighted by atomic mass is 35.5. The summed E-state index contributed by atoms with van der Waals surface area (Å²) in [7, 11) is 1.34. The summed E-state index contributed by atoms with van der Waals surface area (Å²) in [5, 5.41) is 13.5. The number of amides is 1. The molecule has 10 heteroatoms. The zero-order chi connectivity index (χ0) is 24.1. The third-order valence-corrected chi connectivity index (χ3v) is 4.86. The topological polar surface area (TPSA) is 105 Å². The molecular formula is C23H17ClF2N2O5. The molecule has 0 radical (unpaired) electrons. The summed E-state index contributed by atoms with van der Waals surface area (Å²) in [5.41, 5.74) is -0.00520. The summed E-state index contributed by atoms with van der Waals surface area (Å²) in [6.07, 6.45) is 0. The lowest BCUT2D eigenvalue weighted by Gasteiger charge is -2.13. The van der Waals surface area contributed by atoms with Crippen molar-refractivity contribution >= 4 is 40.6 Å². The predicted molar refractivity (Wildman–Crippen MR) is 117 cm³/mol. The van der Waals surface area contributed by atoms with Crippen molar-refractivity contribution < 1.29 is 33.0 Å². The van der Waals surface area contributed by atoms with E-state index in [0.29, 0.717) is 0 Å². The Labute approximate surface area is 191 Å². The Bertz CT molecular complexity index is 1230. The second-order valence-electron chi connectivity index (χ2n) is 6.74. The second-order valence-corrected chi connectivity index (χ2v) is 7.14. The van der Waals surface area contributed by atoms with Crippen molar-refractivity contribution in [1.82, 2.24) is 5.32 Å². The molecule has 0 saturated carbocycles. The molecule has 3 rings (SSSR count). The van der Waals surface area contributed by atoms with Gasteiger partial charge in [-0.05, 0) is 48.5 Å². The van der Waals surface area contributed by atoms with Crippen LogP contribution in [0, 0.1) is 11.6 Å². The van der Waals surface area contributed by atoms with Gasteiger partial charge in [-0.3, -0.25) is 14.4 Å². The summed E-state index contributed by atoms with van der Waals surface area (Å²) < 4.78 is 33.0. The smallest absolute Gasteiger partial charge is 0.322 e. The van der Waals surface area contributed by atoms with Crippen LogP contribution in [0.1, 0.15) is 26.3 Å². The first-order chi connectivity index (χ1) is 15.7. The highest BCUT2D eigenvalue weighted by Gasteiger charge is 2.20. The van der Waals surface area contributed by atoms with Crippen LogP contribution < -0.4 is 15.4 Å². The van der Waals surface area contributed by atoms with Crippen molar-refractivity contribution in [3.8, 4) is 5.75 Å². The Morgan fingerprint density at radius 1 is 1.00 bits per heavy atom. The average Bonchev–Trinajstić information content (AvgIpc) is 2.79. The van der Waals surface area contributed by atoms with E-state index in [0.717, 1.165) is 12.1 Å². The summed E-state index contributed by atoms with van der Waals surface area (Å²) in [6, 6.07) is 11.6. The number of ketones is 1. The van der Waals surface area contributed by atoms with Crippen LogP contribution in [0.25, 0.3) is 0 Å². The standard InChI is InChI=1S/C23H17ClF2N2O5/c1-33-19-8-5-12(23(32)27-11-20(29)30)9-15(19)22(31)14-7-6-13(10-16(14)24)28-21-17(25)3-2-4-18(21)26/h2-10,28H,11H2,1H3,(H,27,32)(H,29,30). The van der Waals surface area contributed by atoms with Crippen LogP contribution in [-0.4, -0.2) is 36.4 Å². The van der Waals surface area contributed by atoms with Crippen molar-refractivity contribution in [1.29, 1.82) is 0 Å². The van der Waals surface area contributed by atoms with Crippen LogP contribution >= 0.6 is 11.6 Å². The highest BCUT2D eigenvalue weighted by Crippen LogP contribution is 2.30. The SMILES string of the molecule is COc1ccc(C(=O)NCC(=O)O)cc1C(=O)c1ccc(Nc2c(F)cccc2F)cc1Cl. The monoisotopic (exact) mass is 474 g/mol. The van der Waals surface area contributed by atoms with Gasteiger partial charge >= 0.3 is 5.97 Å². The number of hydrogen-bond acceptors (Lipinski definition) is 5. The molecule has 7 nitrogen and oxygen atoms in total. The number of ether oxygens (including phenoxy) is 1. The number of nitrogens with one attached hydrogen (secondary N) is 2. The van der Waals surface area contributed by atoms with Crippen LogP contribution in [-0.2, 0) is 4.79 Å². The van der Waals surface area contributed by atoms with Gasteiger partial charge in [-0.15, -0.1) is 0 Å². The van der Waals surface area contributed by atoms with E-state index >= 15 is 0 Å². The Hall–Kier alpha value is -3.98. The van der Waals surface area contributed by atoms with Gasteiger partial charge in [-0.25, -0.2) is 8.78 Å². The summed E-state index contributed by atoms with van der Waals surface area (Å²) in [5.74, 6) is -3.91. The number of anilines is 2. The molecule has 0 bridgehead atoms. The van der Waals surface area contributed by atoms with Gasteiger partial charge in [0.1, 0.15) is 29.6 Å². The number of methoxy groups -OCH3 is 1. The lowest BCUT2D eigenvalue weighted by Crippen LogP contribution is -2.29. The average molecular weight is 475 g/mol. The fourth-order valence-corrected chi connectivity index (χ4v) is 3.23. The van der Waals surface area contributed by atoms with E-state index in [2.05, 4.69) is 10.6 Å². The van der Waals surface area contributed by atoms with Crippen molar-refractivity contribution in [2.24, 2.45) is 0 Å². The number of rotatable bonds is 8. The number of carboxylic acid groups (broad SMARTS) is 1. The van der Waals surface area contributed by atoms with E-state index in [1.165, 1.54) is 49.6 Å². The zero-order valence-corrected chi connectivity index (χ0v) is 17.9. The van der Waals surface area contributed by atoms with Gasteiger partial charge in [-0.1, -0.05) is 17.7 Å². The van der Waals surface area contributed by atoms with Crippen molar-refractivity contribution in [3.05, 3.63) is 87.9 Å². The zero-order valence-electron chi connectivity index (χ0n) is 17.1. The molecule has 0 unspecified atom stereocenters. The minimum atomic E-state index is -1.22. The first kappa shape index (κ1) is 23.7. The molecule has 0 fully saturated rings. The first-order valence-electron chi connectivity index (χ1n) is 9.44. The Morgan fingerprint density at radius 3 is 2.30 bits per heavy atom. The highest BCUT2D eigenvalue weighted by molar-refractivity contribution is 6.35. The minimum Gasteiger partial charge on any atom is -0.496 e. The molecule has 3 aromatic carbocycles. The molecular weight excluding hydrogens is 458 g/mol. The third-order valence-electron chi connectivity index (χ3n) is 4.55. The molecule has 0 heterocycles. The number of carbonyl (C=O) groups is 3. The van der Waals surface area contributed by atoms with Gasteiger partial charge in [0.15, 0.2) is 5.78 Å². The lowest BCUT2D eigenvalue weighted by atomic mass is 9.99. The number of halogens is 3. The molecule has 0 aliphatic rings. The Morgan fingerprint density at radius 2 is 1.70 bits per heavy atom. The van der Waals surface area contributed by atoms with Gasteiger partial charge in [0, 0.05) is 16.8 Å². The van der Waals surface area contributed by atoms with Crippen LogP contribution in [0.2, 0.25) is 5.02 Å². The van der Waals surface area contributed by atoms with E-state index in [4.69, 9.17) is 21.4 Å². The van der Waals surface area contributed by atoms with Gasteiger partial charge in [0.2, 0.25) is 0 Å². The number of para-hydroxylation sites is 1. The number of carboxylic acids is 1. The van der Waals surface area contributed by atoms with Crippen LogP contribution in [0.15, 0.2) is 54.6 Å². The summed E-state index contributed by atoms with van der Waals surface area (Å²) >= 11 is 6.27. The van der Waals surface area contributed by atoms with Crippen molar-refractivity contribution in [2.75, 3.05) is 19.0 Å². The van der Waals surface area contributed by atoms with E-state index < -0.39 is 35.8 Å². The maximum absolute atomic E-state index is 13.9. The van der Waals surface area contributed by atoms with Crippen molar-refractivity contribution in [2.45, 2.75) is 0 Å². The van der Waals surface area contributed by atoms with Crippen LogP contribution in [0.3, 0.4) is 0 Å². The van der Waals surface area contributed by atoms with Gasteiger partial charge in [-0.2, -0.15) is 0 Å².